The molecule has 0 saturated carbocycles. The fourth-order valence-electron chi connectivity index (χ4n) is 2.09. The topological polar surface area (TPSA) is 50.9 Å². The predicted octanol–water partition coefficient (Wildman–Crippen LogP) is 3.00. The van der Waals surface area contributed by atoms with Gasteiger partial charge in [0.05, 0.1) is 5.52 Å². The summed E-state index contributed by atoms with van der Waals surface area (Å²) in [4.78, 5) is 4.70. The number of fused-ring (bicyclic) bond motifs is 1. The number of thioether (sulfide) groups is 1. The van der Waals surface area contributed by atoms with E-state index in [0.29, 0.717) is 0 Å². The number of nitrogens with zero attached hydrogens (tertiary/aromatic N) is 1. The molecular formula is C16H23N3S. The normalized spacial score (nSPS) is 13.0. The third kappa shape index (κ3) is 4.47. The third-order valence-electron chi connectivity index (χ3n) is 3.12. The smallest absolute Gasteiger partial charge is 0.0705 e. The first kappa shape index (κ1) is 15.3. The maximum atomic E-state index is 5.66. The molecule has 1 atom stereocenters. The van der Waals surface area contributed by atoms with Gasteiger partial charge in [-0.05, 0) is 23.8 Å². The maximum Gasteiger partial charge on any atom is 0.0705 e. The third-order valence-corrected chi connectivity index (χ3v) is 4.66. The van der Waals surface area contributed by atoms with Crippen LogP contribution in [0.15, 0.2) is 36.4 Å². The molecule has 0 fully saturated rings. The first-order valence-corrected chi connectivity index (χ1v) is 8.23. The van der Waals surface area contributed by atoms with E-state index in [1.807, 2.05) is 23.9 Å². The number of hydrogen-bond acceptors (Lipinski definition) is 4. The van der Waals surface area contributed by atoms with Crippen LogP contribution in [0, 0.1) is 5.92 Å². The number of nitrogens with two attached hydrogens (primary N) is 1. The summed E-state index contributed by atoms with van der Waals surface area (Å²) in [5, 5.41) is 1.18. The van der Waals surface area contributed by atoms with Gasteiger partial charge in [0.1, 0.15) is 0 Å². The van der Waals surface area contributed by atoms with Crippen LogP contribution in [0.1, 0.15) is 19.5 Å². The summed E-state index contributed by atoms with van der Waals surface area (Å²) in [5.74, 6) is 8.57. The van der Waals surface area contributed by atoms with Crippen molar-refractivity contribution < 1.29 is 0 Å². The minimum absolute atomic E-state index is 0.271. The molecule has 2 aromatic rings. The number of para-hydroxylation sites is 1. The monoisotopic (exact) mass is 289 g/mol. The summed E-state index contributed by atoms with van der Waals surface area (Å²) in [6.07, 6.45) is 0.867. The summed E-state index contributed by atoms with van der Waals surface area (Å²) in [6.45, 7) is 4.48. The van der Waals surface area contributed by atoms with Gasteiger partial charge in [0, 0.05) is 29.3 Å². The lowest BCUT2D eigenvalue weighted by Crippen LogP contribution is -2.39. The zero-order valence-electron chi connectivity index (χ0n) is 12.2. The van der Waals surface area contributed by atoms with E-state index in [1.165, 1.54) is 11.1 Å². The Hall–Kier alpha value is -1.10. The van der Waals surface area contributed by atoms with Gasteiger partial charge in [0.25, 0.3) is 0 Å². The van der Waals surface area contributed by atoms with Crippen LogP contribution in [0.3, 0.4) is 0 Å². The van der Waals surface area contributed by atoms with Gasteiger partial charge in [0.15, 0.2) is 0 Å². The van der Waals surface area contributed by atoms with Crippen LogP contribution >= 0.6 is 11.8 Å². The SMILES string of the molecule is CC(C)CSCC(Cc1ccc2ccccc2n1)NN. The number of aromatic nitrogens is 1. The molecule has 2 rings (SSSR count). The second-order valence-corrected chi connectivity index (χ2v) is 6.57. The van der Waals surface area contributed by atoms with Gasteiger partial charge < -0.3 is 0 Å². The Morgan fingerprint density at radius 3 is 2.70 bits per heavy atom. The van der Waals surface area contributed by atoms with Crippen LogP contribution in [0.2, 0.25) is 0 Å². The average Bonchev–Trinajstić information content (AvgIpc) is 2.45. The number of benzene rings is 1. The van der Waals surface area contributed by atoms with E-state index >= 15 is 0 Å². The fourth-order valence-corrected chi connectivity index (χ4v) is 3.19. The van der Waals surface area contributed by atoms with Crippen molar-refractivity contribution >= 4 is 22.7 Å². The van der Waals surface area contributed by atoms with E-state index in [4.69, 9.17) is 10.8 Å². The maximum absolute atomic E-state index is 5.66. The van der Waals surface area contributed by atoms with Gasteiger partial charge in [0.2, 0.25) is 0 Å². The van der Waals surface area contributed by atoms with Crippen molar-refractivity contribution in [2.45, 2.75) is 26.3 Å². The lowest BCUT2D eigenvalue weighted by atomic mass is 10.1. The molecule has 1 heterocycles. The van der Waals surface area contributed by atoms with Crippen molar-refractivity contribution in [3.8, 4) is 0 Å². The molecule has 1 aromatic heterocycles. The first-order chi connectivity index (χ1) is 9.69. The summed E-state index contributed by atoms with van der Waals surface area (Å²) in [7, 11) is 0. The molecule has 0 spiro atoms. The quantitative estimate of drug-likeness (QED) is 0.608. The number of pyridine rings is 1. The van der Waals surface area contributed by atoms with E-state index in [2.05, 4.69) is 43.5 Å². The Kier molecular flexibility index (Phi) is 5.83. The van der Waals surface area contributed by atoms with Gasteiger partial charge in [-0.15, -0.1) is 0 Å². The van der Waals surface area contributed by atoms with Crippen LogP contribution in [0.25, 0.3) is 10.9 Å². The predicted molar refractivity (Wildman–Crippen MR) is 88.7 cm³/mol. The molecule has 0 saturated heterocycles. The second-order valence-electron chi connectivity index (χ2n) is 5.49. The lowest BCUT2D eigenvalue weighted by molar-refractivity contribution is 0.569. The molecule has 0 bridgehead atoms. The lowest BCUT2D eigenvalue weighted by Gasteiger charge is -2.16. The van der Waals surface area contributed by atoms with Crippen molar-refractivity contribution in [1.29, 1.82) is 0 Å². The molecule has 20 heavy (non-hydrogen) atoms. The van der Waals surface area contributed by atoms with Crippen molar-refractivity contribution in [3.63, 3.8) is 0 Å². The second kappa shape index (κ2) is 7.62. The van der Waals surface area contributed by atoms with Gasteiger partial charge in [-0.1, -0.05) is 38.1 Å². The highest BCUT2D eigenvalue weighted by Crippen LogP contribution is 2.15. The molecule has 108 valence electrons. The average molecular weight is 289 g/mol. The first-order valence-electron chi connectivity index (χ1n) is 7.07. The molecule has 3 nitrogen and oxygen atoms in total. The molecular weight excluding hydrogens is 266 g/mol. The van der Waals surface area contributed by atoms with E-state index in [9.17, 15) is 0 Å². The van der Waals surface area contributed by atoms with Gasteiger partial charge in [-0.25, -0.2) is 0 Å². The molecule has 0 aliphatic carbocycles. The van der Waals surface area contributed by atoms with Gasteiger partial charge in [-0.2, -0.15) is 11.8 Å². The number of hydrogen-bond donors (Lipinski definition) is 2. The molecule has 1 aromatic carbocycles. The Morgan fingerprint density at radius 2 is 1.95 bits per heavy atom. The number of rotatable bonds is 7. The van der Waals surface area contributed by atoms with Crippen LogP contribution in [-0.2, 0) is 6.42 Å². The molecule has 0 amide bonds. The Bertz CT molecular complexity index is 542. The van der Waals surface area contributed by atoms with E-state index in [0.717, 1.165) is 29.3 Å². The van der Waals surface area contributed by atoms with Crippen LogP contribution < -0.4 is 11.3 Å². The highest BCUT2D eigenvalue weighted by molar-refractivity contribution is 7.99. The van der Waals surface area contributed by atoms with Crippen molar-refractivity contribution in [3.05, 3.63) is 42.1 Å². The minimum Gasteiger partial charge on any atom is -0.271 e. The standard InChI is InChI=1S/C16H23N3S/c1-12(2)10-20-11-15(19-17)9-14-8-7-13-5-3-4-6-16(13)18-14/h3-8,12,15,19H,9-11,17H2,1-2H3. The molecule has 4 heteroatoms. The van der Waals surface area contributed by atoms with E-state index in [-0.39, 0.29) is 6.04 Å². The number of hydrazine groups is 1. The molecule has 3 N–H and O–H groups in total. The highest BCUT2D eigenvalue weighted by atomic mass is 32.2. The van der Waals surface area contributed by atoms with Gasteiger partial charge >= 0.3 is 0 Å². The largest absolute Gasteiger partial charge is 0.271 e. The Morgan fingerprint density at radius 1 is 1.15 bits per heavy atom. The summed E-state index contributed by atoms with van der Waals surface area (Å²) in [6, 6.07) is 12.7. The zero-order chi connectivity index (χ0) is 14.4. The Balaban J connectivity index is 1.98. The van der Waals surface area contributed by atoms with Crippen LogP contribution in [0.4, 0.5) is 0 Å². The van der Waals surface area contributed by atoms with Crippen molar-refractivity contribution in [2.75, 3.05) is 11.5 Å². The summed E-state index contributed by atoms with van der Waals surface area (Å²) < 4.78 is 0. The molecule has 0 aliphatic rings. The number of nitrogens with one attached hydrogen (secondary N) is 1. The van der Waals surface area contributed by atoms with E-state index < -0.39 is 0 Å². The zero-order valence-corrected chi connectivity index (χ0v) is 13.0. The molecule has 0 aliphatic heterocycles. The fraction of sp³-hybridized carbons (Fsp3) is 0.438. The highest BCUT2D eigenvalue weighted by Gasteiger charge is 2.10. The van der Waals surface area contributed by atoms with Crippen LogP contribution in [-0.4, -0.2) is 22.5 Å². The summed E-state index contributed by atoms with van der Waals surface area (Å²) in [5.41, 5.74) is 5.06. The van der Waals surface area contributed by atoms with Gasteiger partial charge in [-0.3, -0.25) is 16.3 Å². The van der Waals surface area contributed by atoms with Crippen molar-refractivity contribution in [1.82, 2.24) is 10.4 Å². The molecule has 1 unspecified atom stereocenters. The van der Waals surface area contributed by atoms with Crippen molar-refractivity contribution in [2.24, 2.45) is 11.8 Å². The van der Waals surface area contributed by atoms with Crippen LogP contribution in [0.5, 0.6) is 0 Å². The summed E-state index contributed by atoms with van der Waals surface area (Å²) >= 11 is 1.95. The molecule has 0 radical (unpaired) electrons. The Labute approximate surface area is 125 Å². The van der Waals surface area contributed by atoms with E-state index in [1.54, 1.807) is 0 Å². The minimum atomic E-state index is 0.271.